The van der Waals surface area contributed by atoms with E-state index in [4.69, 9.17) is 0 Å². The summed E-state index contributed by atoms with van der Waals surface area (Å²) in [6, 6.07) is 20.7. The van der Waals surface area contributed by atoms with E-state index in [2.05, 4.69) is 85.3 Å². The van der Waals surface area contributed by atoms with E-state index in [1.54, 1.807) is 5.56 Å². The van der Waals surface area contributed by atoms with Gasteiger partial charge in [0, 0.05) is 38.6 Å². The van der Waals surface area contributed by atoms with Crippen LogP contribution in [0.4, 0.5) is 0 Å². The Hall–Kier alpha value is -1.64. The van der Waals surface area contributed by atoms with E-state index in [1.165, 1.54) is 76.0 Å². The monoisotopic (exact) mass is 418 g/mol. The lowest BCUT2D eigenvalue weighted by Gasteiger charge is -2.44. The molecule has 4 rings (SSSR count). The van der Waals surface area contributed by atoms with Crippen LogP contribution in [-0.4, -0.2) is 49.6 Å². The second kappa shape index (κ2) is 10.3. The number of benzene rings is 2. The quantitative estimate of drug-likeness (QED) is 0.518. The highest BCUT2D eigenvalue weighted by Crippen LogP contribution is 2.47. The van der Waals surface area contributed by atoms with Crippen molar-refractivity contribution in [1.82, 2.24) is 9.80 Å². The Balaban J connectivity index is 1.49. The molecule has 2 aromatic rings. The molecule has 1 aliphatic heterocycles. The van der Waals surface area contributed by atoms with E-state index >= 15 is 0 Å². The van der Waals surface area contributed by atoms with Crippen LogP contribution in [0.5, 0.6) is 0 Å². The van der Waals surface area contributed by atoms with Gasteiger partial charge in [0.05, 0.1) is 0 Å². The molecule has 2 fully saturated rings. The smallest absolute Gasteiger partial charge is 0.0110 e. The third-order valence-electron chi connectivity index (χ3n) is 8.17. The van der Waals surface area contributed by atoms with E-state index in [0.717, 1.165) is 6.42 Å². The Labute approximate surface area is 190 Å². The van der Waals surface area contributed by atoms with Crippen LogP contribution in [0, 0.1) is 5.41 Å². The van der Waals surface area contributed by atoms with Crippen LogP contribution in [0.3, 0.4) is 0 Å². The normalized spacial score (nSPS) is 22.2. The van der Waals surface area contributed by atoms with Gasteiger partial charge in [0.25, 0.3) is 0 Å². The first kappa shape index (κ1) is 22.6. The minimum Gasteiger partial charge on any atom is -0.304 e. The molecular formula is C29H42N2. The summed E-state index contributed by atoms with van der Waals surface area (Å²) in [6.07, 6.45) is 8.12. The highest BCUT2D eigenvalue weighted by Gasteiger charge is 2.37. The van der Waals surface area contributed by atoms with Gasteiger partial charge in [-0.1, -0.05) is 87.7 Å². The standard InChI is InChI=1S/C29H42N2/c1-24(26-10-6-4-7-11-26)22-25-12-14-27(15-13-25)28(29(2)16-8-5-9-17-29)23-31-20-18-30(3)19-21-31/h4,6-7,10-15,24,28H,5,8-9,16-23H2,1-3H3/t24-,28?/m1/s1. The summed E-state index contributed by atoms with van der Waals surface area (Å²) < 4.78 is 0. The molecule has 2 nitrogen and oxygen atoms in total. The van der Waals surface area contributed by atoms with Crippen molar-refractivity contribution < 1.29 is 0 Å². The molecule has 168 valence electrons. The number of likely N-dealkylation sites (N-methyl/N-ethyl adjacent to an activating group) is 1. The maximum absolute atomic E-state index is 2.73. The fourth-order valence-corrected chi connectivity index (χ4v) is 5.86. The molecular weight excluding hydrogens is 376 g/mol. The molecule has 0 amide bonds. The molecule has 0 spiro atoms. The van der Waals surface area contributed by atoms with Gasteiger partial charge in [-0.2, -0.15) is 0 Å². The van der Waals surface area contributed by atoms with Crippen molar-refractivity contribution in [2.24, 2.45) is 5.41 Å². The van der Waals surface area contributed by atoms with Gasteiger partial charge in [0.1, 0.15) is 0 Å². The highest BCUT2D eigenvalue weighted by molar-refractivity contribution is 5.30. The Morgan fingerprint density at radius 2 is 1.45 bits per heavy atom. The molecule has 1 saturated carbocycles. The van der Waals surface area contributed by atoms with E-state index in [0.29, 0.717) is 17.3 Å². The Kier molecular flexibility index (Phi) is 7.51. The average molecular weight is 419 g/mol. The Bertz CT molecular complexity index is 783. The molecule has 0 radical (unpaired) electrons. The molecule has 0 bridgehead atoms. The molecule has 1 heterocycles. The topological polar surface area (TPSA) is 6.48 Å². The van der Waals surface area contributed by atoms with Crippen LogP contribution in [0.15, 0.2) is 54.6 Å². The van der Waals surface area contributed by atoms with Gasteiger partial charge in [0.2, 0.25) is 0 Å². The van der Waals surface area contributed by atoms with E-state index < -0.39 is 0 Å². The Morgan fingerprint density at radius 3 is 2.10 bits per heavy atom. The number of hydrogen-bond donors (Lipinski definition) is 0. The fourth-order valence-electron chi connectivity index (χ4n) is 5.86. The van der Waals surface area contributed by atoms with E-state index in [9.17, 15) is 0 Å². The second-order valence-corrected chi connectivity index (χ2v) is 10.6. The first-order valence-corrected chi connectivity index (χ1v) is 12.6. The van der Waals surface area contributed by atoms with Gasteiger partial charge in [0.15, 0.2) is 0 Å². The van der Waals surface area contributed by atoms with Gasteiger partial charge in [-0.15, -0.1) is 0 Å². The maximum Gasteiger partial charge on any atom is 0.0110 e. The number of hydrogen-bond acceptors (Lipinski definition) is 2. The minimum atomic E-state index is 0.445. The number of piperazine rings is 1. The van der Waals surface area contributed by atoms with Crippen molar-refractivity contribution in [3.8, 4) is 0 Å². The SMILES string of the molecule is C[C@H](Cc1ccc(C(CN2CCN(C)CC2)C2(C)CCCCC2)cc1)c1ccccc1. The molecule has 0 N–H and O–H groups in total. The van der Waals surface area contributed by atoms with Gasteiger partial charge in [-0.05, 0) is 54.3 Å². The van der Waals surface area contributed by atoms with Crippen molar-refractivity contribution in [3.05, 3.63) is 71.3 Å². The molecule has 1 saturated heterocycles. The molecule has 2 aliphatic rings. The minimum absolute atomic E-state index is 0.445. The first-order valence-electron chi connectivity index (χ1n) is 12.6. The van der Waals surface area contributed by atoms with Crippen LogP contribution in [-0.2, 0) is 6.42 Å². The lowest BCUT2D eigenvalue weighted by molar-refractivity contribution is 0.0956. The van der Waals surface area contributed by atoms with E-state index in [1.807, 2.05) is 0 Å². The Morgan fingerprint density at radius 1 is 0.806 bits per heavy atom. The predicted octanol–water partition coefficient (Wildman–Crippen LogP) is 6.33. The zero-order valence-corrected chi connectivity index (χ0v) is 20.0. The van der Waals surface area contributed by atoms with Gasteiger partial charge in [-0.25, -0.2) is 0 Å². The molecule has 2 aromatic carbocycles. The van der Waals surface area contributed by atoms with Gasteiger partial charge < -0.3 is 9.80 Å². The zero-order chi connectivity index (χ0) is 21.7. The number of nitrogens with zero attached hydrogens (tertiary/aromatic N) is 2. The summed E-state index contributed by atoms with van der Waals surface area (Å²) in [5, 5.41) is 0. The van der Waals surface area contributed by atoms with Crippen LogP contribution < -0.4 is 0 Å². The summed E-state index contributed by atoms with van der Waals surface area (Å²) in [7, 11) is 2.26. The number of rotatable bonds is 7. The van der Waals surface area contributed by atoms with Gasteiger partial charge >= 0.3 is 0 Å². The van der Waals surface area contributed by atoms with Crippen LogP contribution >= 0.6 is 0 Å². The maximum atomic E-state index is 2.73. The first-order chi connectivity index (χ1) is 15.0. The van der Waals surface area contributed by atoms with Gasteiger partial charge in [-0.3, -0.25) is 0 Å². The lowest BCUT2D eigenvalue weighted by Crippen LogP contribution is -2.47. The summed E-state index contributed by atoms with van der Waals surface area (Å²) in [6.45, 7) is 11.0. The van der Waals surface area contributed by atoms with Crippen molar-refractivity contribution >= 4 is 0 Å². The van der Waals surface area contributed by atoms with Crippen molar-refractivity contribution in [3.63, 3.8) is 0 Å². The predicted molar refractivity (Wildman–Crippen MR) is 133 cm³/mol. The summed E-state index contributed by atoms with van der Waals surface area (Å²) in [5.74, 6) is 1.21. The van der Waals surface area contributed by atoms with Crippen LogP contribution in [0.1, 0.15) is 74.5 Å². The van der Waals surface area contributed by atoms with Crippen molar-refractivity contribution in [2.75, 3.05) is 39.8 Å². The van der Waals surface area contributed by atoms with Crippen molar-refractivity contribution in [2.45, 2.75) is 64.2 Å². The third kappa shape index (κ3) is 5.79. The molecule has 31 heavy (non-hydrogen) atoms. The average Bonchev–Trinajstić information content (AvgIpc) is 2.80. The molecule has 2 heteroatoms. The zero-order valence-electron chi connectivity index (χ0n) is 20.0. The largest absolute Gasteiger partial charge is 0.304 e. The highest BCUT2D eigenvalue weighted by atomic mass is 15.2. The molecule has 1 unspecified atom stereocenters. The van der Waals surface area contributed by atoms with E-state index in [-0.39, 0.29) is 0 Å². The lowest BCUT2D eigenvalue weighted by atomic mass is 9.65. The molecule has 2 atom stereocenters. The third-order valence-corrected chi connectivity index (χ3v) is 8.17. The summed E-state index contributed by atoms with van der Waals surface area (Å²) >= 11 is 0. The summed E-state index contributed by atoms with van der Waals surface area (Å²) in [4.78, 5) is 5.20. The van der Waals surface area contributed by atoms with Crippen molar-refractivity contribution in [1.29, 1.82) is 0 Å². The summed E-state index contributed by atoms with van der Waals surface area (Å²) in [5.41, 5.74) is 4.92. The fraction of sp³-hybridized carbons (Fsp3) is 0.586. The van der Waals surface area contributed by atoms with Crippen LogP contribution in [0.25, 0.3) is 0 Å². The molecule has 1 aliphatic carbocycles. The van der Waals surface area contributed by atoms with Crippen LogP contribution in [0.2, 0.25) is 0 Å². The molecule has 0 aromatic heterocycles. The second-order valence-electron chi connectivity index (χ2n) is 10.6.